The largest absolute Gasteiger partial charge is 0.471 e. The van der Waals surface area contributed by atoms with Crippen molar-refractivity contribution in [2.75, 3.05) is 19.6 Å². The van der Waals surface area contributed by atoms with Gasteiger partial charge in [-0.25, -0.2) is 0 Å². The molecule has 4 heteroatoms. The first-order valence-corrected chi connectivity index (χ1v) is 7.29. The van der Waals surface area contributed by atoms with Gasteiger partial charge in [0, 0.05) is 18.2 Å². The lowest BCUT2D eigenvalue weighted by Crippen LogP contribution is -2.52. The number of hydrogen-bond acceptors (Lipinski definition) is 4. The maximum absolute atomic E-state index is 6.04. The lowest BCUT2D eigenvalue weighted by Gasteiger charge is -2.43. The van der Waals surface area contributed by atoms with Gasteiger partial charge in [0.05, 0.1) is 0 Å². The Hall–Kier alpha value is -1.81. The van der Waals surface area contributed by atoms with Crippen molar-refractivity contribution in [3.8, 4) is 17.2 Å². The van der Waals surface area contributed by atoms with Crippen molar-refractivity contribution in [1.82, 2.24) is 10.1 Å². The van der Waals surface area contributed by atoms with E-state index >= 15 is 0 Å². The third kappa shape index (κ3) is 2.20. The van der Waals surface area contributed by atoms with Crippen LogP contribution in [0.1, 0.15) is 12.8 Å². The van der Waals surface area contributed by atoms with Crippen LogP contribution in [-0.4, -0.2) is 35.8 Å². The highest BCUT2D eigenvalue weighted by atomic mass is 16.5. The quantitative estimate of drug-likeness (QED) is 0.859. The molecule has 104 valence electrons. The van der Waals surface area contributed by atoms with Crippen LogP contribution in [0.25, 0.3) is 11.3 Å². The Labute approximate surface area is 118 Å². The van der Waals surface area contributed by atoms with E-state index in [0.717, 1.165) is 17.9 Å². The molecule has 0 aliphatic carbocycles. The van der Waals surface area contributed by atoms with E-state index in [9.17, 15) is 0 Å². The van der Waals surface area contributed by atoms with Gasteiger partial charge in [-0.2, -0.15) is 0 Å². The lowest BCUT2D eigenvalue weighted by atomic mass is 9.86. The molecule has 1 aromatic heterocycles. The molecule has 0 amide bonds. The second-order valence-corrected chi connectivity index (χ2v) is 5.69. The predicted octanol–water partition coefficient (Wildman–Crippen LogP) is 2.81. The molecule has 2 bridgehead atoms. The normalized spacial score (nSPS) is 28.5. The Balaban J connectivity index is 1.49. The fraction of sp³-hybridized carbons (Fsp3) is 0.438. The van der Waals surface area contributed by atoms with Gasteiger partial charge in [0.25, 0.3) is 5.88 Å². The fourth-order valence-corrected chi connectivity index (χ4v) is 3.25. The smallest absolute Gasteiger partial charge is 0.255 e. The maximum atomic E-state index is 6.04. The fourth-order valence-electron chi connectivity index (χ4n) is 3.25. The minimum Gasteiger partial charge on any atom is -0.471 e. The predicted molar refractivity (Wildman–Crippen MR) is 75.5 cm³/mol. The molecule has 0 saturated carbocycles. The molecular weight excluding hydrogens is 252 g/mol. The van der Waals surface area contributed by atoms with E-state index in [-0.39, 0.29) is 6.10 Å². The highest BCUT2D eigenvalue weighted by Crippen LogP contribution is 2.31. The lowest BCUT2D eigenvalue weighted by molar-refractivity contribution is -0.0113. The molecule has 0 N–H and O–H groups in total. The van der Waals surface area contributed by atoms with Gasteiger partial charge in [0.1, 0.15) is 6.10 Å². The Morgan fingerprint density at radius 3 is 2.65 bits per heavy atom. The average molecular weight is 270 g/mol. The first-order chi connectivity index (χ1) is 9.88. The van der Waals surface area contributed by atoms with Crippen molar-refractivity contribution in [1.29, 1.82) is 0 Å². The van der Waals surface area contributed by atoms with Crippen molar-refractivity contribution in [2.24, 2.45) is 5.92 Å². The van der Waals surface area contributed by atoms with Crippen LogP contribution in [0.4, 0.5) is 0 Å². The second kappa shape index (κ2) is 4.94. The molecule has 20 heavy (non-hydrogen) atoms. The number of aromatic nitrogens is 1. The first kappa shape index (κ1) is 12.0. The van der Waals surface area contributed by atoms with E-state index < -0.39 is 0 Å². The Morgan fingerprint density at radius 2 is 1.95 bits per heavy atom. The van der Waals surface area contributed by atoms with E-state index in [1.807, 2.05) is 36.4 Å². The zero-order chi connectivity index (χ0) is 13.4. The molecule has 3 saturated heterocycles. The number of piperidine rings is 3. The van der Waals surface area contributed by atoms with Gasteiger partial charge >= 0.3 is 0 Å². The standard InChI is InChI=1S/C16H18N2O2/c1-2-4-12(5-3-1)14-10-16(17-20-14)19-15-11-18-8-6-13(15)7-9-18/h1-5,10,13,15H,6-9,11H2. The van der Waals surface area contributed by atoms with Crippen LogP contribution >= 0.6 is 0 Å². The van der Waals surface area contributed by atoms with Gasteiger partial charge in [-0.1, -0.05) is 30.3 Å². The van der Waals surface area contributed by atoms with Crippen LogP contribution in [-0.2, 0) is 0 Å². The second-order valence-electron chi connectivity index (χ2n) is 5.69. The minimum atomic E-state index is 0.270. The van der Waals surface area contributed by atoms with Crippen LogP contribution in [0.2, 0.25) is 0 Å². The molecule has 3 aliphatic rings. The molecule has 1 unspecified atom stereocenters. The van der Waals surface area contributed by atoms with Crippen molar-refractivity contribution in [2.45, 2.75) is 18.9 Å². The van der Waals surface area contributed by atoms with Crippen LogP contribution < -0.4 is 4.74 Å². The molecule has 2 aromatic rings. The summed E-state index contributed by atoms with van der Waals surface area (Å²) in [6.07, 6.45) is 2.76. The molecule has 5 rings (SSSR count). The van der Waals surface area contributed by atoms with Gasteiger partial charge in [0.15, 0.2) is 5.76 Å². The summed E-state index contributed by atoms with van der Waals surface area (Å²) in [6.45, 7) is 3.47. The summed E-state index contributed by atoms with van der Waals surface area (Å²) < 4.78 is 11.4. The summed E-state index contributed by atoms with van der Waals surface area (Å²) in [5.41, 5.74) is 1.03. The van der Waals surface area contributed by atoms with E-state index in [1.165, 1.54) is 25.9 Å². The van der Waals surface area contributed by atoms with Crippen LogP contribution in [0.5, 0.6) is 5.88 Å². The number of benzene rings is 1. The van der Waals surface area contributed by atoms with Crippen molar-refractivity contribution < 1.29 is 9.26 Å². The Kier molecular flexibility index (Phi) is 2.96. The van der Waals surface area contributed by atoms with Crippen molar-refractivity contribution in [3.05, 3.63) is 36.4 Å². The maximum Gasteiger partial charge on any atom is 0.255 e. The molecule has 0 radical (unpaired) electrons. The molecule has 0 spiro atoms. The highest BCUT2D eigenvalue weighted by Gasteiger charge is 2.36. The van der Waals surface area contributed by atoms with Gasteiger partial charge in [-0.3, -0.25) is 4.90 Å². The molecule has 1 aromatic carbocycles. The molecule has 3 aliphatic heterocycles. The number of nitrogens with zero attached hydrogens (tertiary/aromatic N) is 2. The molecule has 1 atom stereocenters. The molecule has 4 heterocycles. The van der Waals surface area contributed by atoms with Crippen molar-refractivity contribution in [3.63, 3.8) is 0 Å². The third-order valence-corrected chi connectivity index (χ3v) is 4.42. The first-order valence-electron chi connectivity index (χ1n) is 7.29. The van der Waals surface area contributed by atoms with Crippen LogP contribution in [0.3, 0.4) is 0 Å². The topological polar surface area (TPSA) is 38.5 Å². The third-order valence-electron chi connectivity index (χ3n) is 4.42. The van der Waals surface area contributed by atoms with Gasteiger partial charge < -0.3 is 9.26 Å². The van der Waals surface area contributed by atoms with E-state index in [0.29, 0.717) is 11.8 Å². The molecule has 4 nitrogen and oxygen atoms in total. The number of ether oxygens (including phenoxy) is 1. The van der Waals surface area contributed by atoms with Gasteiger partial charge in [-0.05, 0) is 37.0 Å². The SMILES string of the molecule is c1ccc(-c2cc(OC3CN4CCC3CC4)no2)cc1. The summed E-state index contributed by atoms with van der Waals surface area (Å²) in [5.74, 6) is 2.06. The monoisotopic (exact) mass is 270 g/mol. The summed E-state index contributed by atoms with van der Waals surface area (Å²) in [6, 6.07) is 11.9. The number of fused-ring (bicyclic) bond motifs is 3. The van der Waals surface area contributed by atoms with E-state index in [2.05, 4.69) is 10.1 Å². The summed E-state index contributed by atoms with van der Waals surface area (Å²) in [7, 11) is 0. The highest BCUT2D eigenvalue weighted by molar-refractivity contribution is 5.57. The van der Waals surface area contributed by atoms with E-state index in [1.54, 1.807) is 0 Å². The van der Waals surface area contributed by atoms with Crippen molar-refractivity contribution >= 4 is 0 Å². The minimum absolute atomic E-state index is 0.270. The molecule has 3 fully saturated rings. The zero-order valence-electron chi connectivity index (χ0n) is 11.4. The number of hydrogen-bond donors (Lipinski definition) is 0. The van der Waals surface area contributed by atoms with Crippen LogP contribution in [0.15, 0.2) is 40.9 Å². The molecular formula is C16H18N2O2. The summed E-state index contributed by atoms with van der Waals surface area (Å²) in [4.78, 5) is 2.48. The summed E-state index contributed by atoms with van der Waals surface area (Å²) in [5, 5.41) is 4.05. The number of rotatable bonds is 3. The average Bonchev–Trinajstić information content (AvgIpc) is 2.98. The zero-order valence-corrected chi connectivity index (χ0v) is 11.4. The summed E-state index contributed by atoms with van der Waals surface area (Å²) >= 11 is 0. The van der Waals surface area contributed by atoms with E-state index in [4.69, 9.17) is 9.26 Å². The Bertz CT molecular complexity index is 573. The van der Waals surface area contributed by atoms with Gasteiger partial charge in [0.2, 0.25) is 0 Å². The van der Waals surface area contributed by atoms with Gasteiger partial charge in [-0.15, -0.1) is 0 Å². The Morgan fingerprint density at radius 1 is 1.15 bits per heavy atom. The van der Waals surface area contributed by atoms with Crippen LogP contribution in [0, 0.1) is 5.92 Å².